The fourth-order valence-corrected chi connectivity index (χ4v) is 6.84. The molecule has 6 rings (SSSR count). The van der Waals surface area contributed by atoms with Crippen molar-refractivity contribution >= 4 is 17.8 Å². The largest absolute Gasteiger partial charge is 0.417 e. The lowest BCUT2D eigenvalue weighted by molar-refractivity contribution is -0.138. The van der Waals surface area contributed by atoms with Gasteiger partial charge in [-0.25, -0.2) is 4.39 Å². The number of nitrogens with zero attached hydrogens (tertiary/aromatic N) is 4. The summed E-state index contributed by atoms with van der Waals surface area (Å²) in [6, 6.07) is 17.8. The van der Waals surface area contributed by atoms with Crippen LogP contribution in [0.4, 0.5) is 17.6 Å². The van der Waals surface area contributed by atoms with Crippen LogP contribution in [0.3, 0.4) is 0 Å². The van der Waals surface area contributed by atoms with Crippen molar-refractivity contribution in [1.82, 2.24) is 25.1 Å². The molecule has 2 aliphatic heterocycles. The van der Waals surface area contributed by atoms with Crippen molar-refractivity contribution in [3.63, 3.8) is 0 Å². The molecule has 50 heavy (non-hydrogen) atoms. The quantitative estimate of drug-likeness (QED) is 0.159. The van der Waals surface area contributed by atoms with Crippen LogP contribution < -0.4 is 5.32 Å². The monoisotopic (exact) mass is 686 g/mol. The second-order valence-electron chi connectivity index (χ2n) is 13.3. The Morgan fingerprint density at radius 1 is 0.960 bits per heavy atom. The van der Waals surface area contributed by atoms with Gasteiger partial charge in [-0.1, -0.05) is 62.4 Å². The molecule has 3 aromatic carbocycles. The van der Waals surface area contributed by atoms with E-state index in [1.807, 2.05) is 44.2 Å². The molecule has 2 atom stereocenters. The summed E-state index contributed by atoms with van der Waals surface area (Å²) < 4.78 is 57.4. The van der Waals surface area contributed by atoms with Gasteiger partial charge in [0.2, 0.25) is 0 Å². The van der Waals surface area contributed by atoms with E-state index in [9.17, 15) is 27.2 Å². The zero-order valence-electron chi connectivity index (χ0n) is 27.8. The smallest absolute Gasteiger partial charge is 0.338 e. The van der Waals surface area contributed by atoms with E-state index in [4.69, 9.17) is 5.41 Å². The predicted octanol–water partition coefficient (Wildman–Crippen LogP) is 7.55. The summed E-state index contributed by atoms with van der Waals surface area (Å²) in [4.78, 5) is 39.6. The van der Waals surface area contributed by atoms with E-state index in [0.717, 1.165) is 11.6 Å². The molecular weight excluding hydrogens is 648 g/mol. The van der Waals surface area contributed by atoms with Crippen molar-refractivity contribution in [2.45, 2.75) is 76.8 Å². The van der Waals surface area contributed by atoms with Gasteiger partial charge in [-0.05, 0) is 79.0 Å². The van der Waals surface area contributed by atoms with E-state index >= 15 is 0 Å². The van der Waals surface area contributed by atoms with Gasteiger partial charge < -0.3 is 10.2 Å². The Morgan fingerprint density at radius 2 is 1.62 bits per heavy atom. The first kappa shape index (κ1) is 34.7. The van der Waals surface area contributed by atoms with E-state index in [2.05, 4.69) is 15.3 Å². The first-order valence-corrected chi connectivity index (χ1v) is 16.7. The first-order valence-electron chi connectivity index (χ1n) is 16.7. The number of carbonyl (C=O) groups is 2. The molecule has 1 aromatic heterocycles. The van der Waals surface area contributed by atoms with Crippen LogP contribution in [-0.4, -0.2) is 37.5 Å². The molecule has 2 N–H and O–H groups in total. The number of aryl methyl sites for hydroxylation is 1. The molecule has 0 saturated carbocycles. The lowest BCUT2D eigenvalue weighted by Gasteiger charge is -2.31. The van der Waals surface area contributed by atoms with E-state index in [1.54, 1.807) is 0 Å². The highest BCUT2D eigenvalue weighted by Gasteiger charge is 2.53. The molecule has 0 spiro atoms. The second-order valence-corrected chi connectivity index (χ2v) is 13.3. The Balaban J connectivity index is 1.41. The summed E-state index contributed by atoms with van der Waals surface area (Å²) in [5.41, 5.74) is -0.172. The molecule has 260 valence electrons. The minimum atomic E-state index is -4.83. The van der Waals surface area contributed by atoms with Crippen molar-refractivity contribution in [2.75, 3.05) is 0 Å². The van der Waals surface area contributed by atoms with Gasteiger partial charge in [0.1, 0.15) is 11.4 Å². The predicted molar refractivity (Wildman–Crippen MR) is 179 cm³/mol. The van der Waals surface area contributed by atoms with E-state index < -0.39 is 46.5 Å². The SMILES string of the molecule is CC(C)CC[C@]1(c2ccc(F)cc2)NC(=N)N(C(CCCc2ccccc2)c2ccc(C(F)(F)F)c(C(=O)N3Cc4nccnc4C3)c2)C1=O. The second kappa shape index (κ2) is 14.0. The maximum absolute atomic E-state index is 14.7. The number of nitrogens with one attached hydrogen (secondary N) is 2. The summed E-state index contributed by atoms with van der Waals surface area (Å²) in [5.74, 6) is -1.77. The van der Waals surface area contributed by atoms with Crippen molar-refractivity contribution in [3.8, 4) is 0 Å². The van der Waals surface area contributed by atoms with Crippen molar-refractivity contribution < 1.29 is 27.2 Å². The van der Waals surface area contributed by atoms with Crippen LogP contribution in [0.1, 0.15) is 89.6 Å². The fraction of sp³-hybridized carbons (Fsp3) is 0.342. The third-order valence-corrected chi connectivity index (χ3v) is 9.48. The fourth-order valence-electron chi connectivity index (χ4n) is 6.84. The maximum atomic E-state index is 14.7. The molecule has 1 saturated heterocycles. The lowest BCUT2D eigenvalue weighted by atomic mass is 9.83. The third kappa shape index (κ3) is 6.97. The van der Waals surface area contributed by atoms with Crippen LogP contribution in [0.2, 0.25) is 0 Å². The third-order valence-electron chi connectivity index (χ3n) is 9.48. The van der Waals surface area contributed by atoms with Crippen molar-refractivity contribution in [2.24, 2.45) is 5.92 Å². The number of benzene rings is 3. The zero-order chi connectivity index (χ0) is 35.6. The standard InChI is InChI=1S/C38H38F4N6O2/c1-24(2)17-18-37(27-12-14-28(39)15-13-27)35(50)48(36(43)46-37)33(10-6-9-25-7-4-3-5-8-25)26-11-16-30(38(40,41)42)29(21-26)34(49)47-22-31-32(23-47)45-20-19-44-31/h3-5,7-8,11-16,19-21,24,33H,6,9-10,17-18,22-23H2,1-2H3,(H2,43,46)/t33?,37-/m1/s1. The minimum Gasteiger partial charge on any atom is -0.338 e. The molecule has 1 unspecified atom stereocenters. The molecule has 3 heterocycles. The highest BCUT2D eigenvalue weighted by atomic mass is 19.4. The number of alkyl halides is 3. The number of guanidine groups is 1. The summed E-state index contributed by atoms with van der Waals surface area (Å²) in [7, 11) is 0. The zero-order valence-corrected chi connectivity index (χ0v) is 27.8. The molecular formula is C38H38F4N6O2. The number of halogens is 4. The molecule has 1 fully saturated rings. The van der Waals surface area contributed by atoms with Gasteiger partial charge in [-0.3, -0.25) is 29.9 Å². The molecule has 4 aromatic rings. The molecule has 2 aliphatic rings. The van der Waals surface area contributed by atoms with E-state index in [-0.39, 0.29) is 31.4 Å². The number of aromatic nitrogens is 2. The number of rotatable bonds is 11. The number of amides is 2. The highest BCUT2D eigenvalue weighted by molar-refractivity contribution is 6.08. The Hall–Kier alpha value is -5.13. The molecule has 0 bridgehead atoms. The first-order chi connectivity index (χ1) is 23.9. The van der Waals surface area contributed by atoms with Crippen LogP contribution in [0, 0.1) is 17.1 Å². The van der Waals surface area contributed by atoms with Crippen LogP contribution in [0.5, 0.6) is 0 Å². The van der Waals surface area contributed by atoms with Gasteiger partial charge in [0, 0.05) is 12.4 Å². The summed E-state index contributed by atoms with van der Waals surface area (Å²) in [5, 5.41) is 12.2. The molecule has 0 aliphatic carbocycles. The van der Waals surface area contributed by atoms with Gasteiger partial charge in [0.25, 0.3) is 11.8 Å². The maximum Gasteiger partial charge on any atom is 0.417 e. The van der Waals surface area contributed by atoms with Crippen molar-refractivity contribution in [3.05, 3.63) is 130 Å². The number of hydrogen-bond donors (Lipinski definition) is 2. The lowest BCUT2D eigenvalue weighted by Crippen LogP contribution is -2.44. The van der Waals surface area contributed by atoms with Gasteiger partial charge in [0.15, 0.2) is 5.96 Å². The summed E-state index contributed by atoms with van der Waals surface area (Å²) in [6.45, 7) is 4.05. The van der Waals surface area contributed by atoms with E-state index in [0.29, 0.717) is 48.2 Å². The normalized spacial score (nSPS) is 18.1. The number of carbonyl (C=O) groups excluding carboxylic acids is 2. The summed E-state index contributed by atoms with van der Waals surface area (Å²) >= 11 is 0. The Kier molecular flexibility index (Phi) is 9.73. The van der Waals surface area contributed by atoms with Crippen LogP contribution >= 0.6 is 0 Å². The minimum absolute atomic E-state index is 0.0131. The Labute approximate surface area is 288 Å². The summed E-state index contributed by atoms with van der Waals surface area (Å²) in [6.07, 6.45) is 0.461. The topological polar surface area (TPSA) is 102 Å². The Morgan fingerprint density at radius 3 is 2.24 bits per heavy atom. The van der Waals surface area contributed by atoms with Crippen molar-refractivity contribution in [1.29, 1.82) is 5.41 Å². The van der Waals surface area contributed by atoms with Gasteiger partial charge in [-0.15, -0.1) is 0 Å². The molecule has 0 radical (unpaired) electrons. The van der Waals surface area contributed by atoms with Gasteiger partial charge in [-0.2, -0.15) is 13.2 Å². The van der Waals surface area contributed by atoms with Crippen LogP contribution in [0.25, 0.3) is 0 Å². The van der Waals surface area contributed by atoms with Gasteiger partial charge >= 0.3 is 6.18 Å². The van der Waals surface area contributed by atoms with E-state index in [1.165, 1.54) is 58.6 Å². The molecule has 2 amide bonds. The van der Waals surface area contributed by atoms with Crippen LogP contribution in [-0.2, 0) is 36.0 Å². The van der Waals surface area contributed by atoms with Crippen LogP contribution in [0.15, 0.2) is 85.2 Å². The van der Waals surface area contributed by atoms with Gasteiger partial charge in [0.05, 0.1) is 41.6 Å². The number of fused-ring (bicyclic) bond motifs is 1. The molecule has 12 heteroatoms. The number of hydrogen-bond acceptors (Lipinski definition) is 5. The highest BCUT2D eigenvalue weighted by Crippen LogP contribution is 2.42. The Bertz CT molecular complexity index is 1860. The average Bonchev–Trinajstić information content (AvgIpc) is 3.64. The molecule has 8 nitrogen and oxygen atoms in total. The average molecular weight is 687 g/mol.